The number of nitriles is 1. The summed E-state index contributed by atoms with van der Waals surface area (Å²) in [5.41, 5.74) is 0.644. The number of carboxylic acid groups (broad SMARTS) is 1. The van der Waals surface area contributed by atoms with Crippen molar-refractivity contribution in [2.24, 2.45) is 0 Å². The third kappa shape index (κ3) is 3.44. The van der Waals surface area contributed by atoms with Gasteiger partial charge in [0, 0.05) is 28.7 Å². The first-order valence-corrected chi connectivity index (χ1v) is 14.5. The van der Waals surface area contributed by atoms with Crippen LogP contribution in [0, 0.1) is 17.1 Å². The Morgan fingerprint density at radius 3 is 2.70 bits per heavy atom. The van der Waals surface area contributed by atoms with Gasteiger partial charge in [0.2, 0.25) is 5.88 Å². The fraction of sp³-hybridized carbons (Fsp3) is 0.321. The molecule has 40 heavy (non-hydrogen) atoms. The van der Waals surface area contributed by atoms with Crippen LogP contribution >= 0.6 is 0 Å². The average molecular weight is 559 g/mol. The van der Waals surface area contributed by atoms with Crippen molar-refractivity contribution in [1.82, 2.24) is 19.9 Å². The van der Waals surface area contributed by atoms with Crippen molar-refractivity contribution in [3.8, 4) is 23.2 Å². The summed E-state index contributed by atoms with van der Waals surface area (Å²) in [6.07, 6.45) is 1.26. The minimum Gasteiger partial charge on any atom is -0.609 e. The molecule has 2 aromatic carbocycles. The SMILES string of the molecule is C[C@@H]1Oc2nc(-c3cccc4cccc(C#N)c34)c(F)c3nc([S+](C)[O-])nc(c23)N2C[C@H]3CC[C@@H]([C@@H]12)N3C(=O)O. The molecule has 5 atom stereocenters. The molecule has 10 nitrogen and oxygen atoms in total. The van der Waals surface area contributed by atoms with Crippen LogP contribution in [0.5, 0.6) is 5.88 Å². The van der Waals surface area contributed by atoms with Crippen molar-refractivity contribution in [2.75, 3.05) is 17.7 Å². The molecule has 3 aliphatic rings. The number of piperazine rings is 1. The molecule has 0 aliphatic carbocycles. The zero-order valence-corrected chi connectivity index (χ0v) is 22.4. The van der Waals surface area contributed by atoms with Gasteiger partial charge < -0.3 is 19.3 Å². The van der Waals surface area contributed by atoms with E-state index < -0.39 is 35.2 Å². The molecule has 2 bridgehead atoms. The highest BCUT2D eigenvalue weighted by Crippen LogP contribution is 2.46. The van der Waals surface area contributed by atoms with Crippen molar-refractivity contribution in [3.05, 3.63) is 47.8 Å². The Hall–Kier alpha value is -4.21. The van der Waals surface area contributed by atoms with Crippen LogP contribution < -0.4 is 9.64 Å². The molecule has 4 aromatic rings. The van der Waals surface area contributed by atoms with Gasteiger partial charge in [-0.05, 0) is 31.2 Å². The Bertz CT molecular complexity index is 1770. The van der Waals surface area contributed by atoms with Crippen LogP contribution in [-0.2, 0) is 11.2 Å². The highest BCUT2D eigenvalue weighted by atomic mass is 32.2. The maximum absolute atomic E-state index is 16.6. The topological polar surface area (TPSA) is 139 Å². The molecule has 0 spiro atoms. The molecule has 0 radical (unpaired) electrons. The van der Waals surface area contributed by atoms with Crippen molar-refractivity contribution >= 4 is 44.8 Å². The number of carbonyl (C=O) groups is 1. The van der Waals surface area contributed by atoms with Crippen LogP contribution in [0.1, 0.15) is 25.3 Å². The van der Waals surface area contributed by atoms with Gasteiger partial charge >= 0.3 is 11.2 Å². The molecule has 202 valence electrons. The summed E-state index contributed by atoms with van der Waals surface area (Å²) in [5, 5.41) is 21.3. The van der Waals surface area contributed by atoms with Gasteiger partial charge in [-0.2, -0.15) is 15.2 Å². The van der Waals surface area contributed by atoms with Crippen LogP contribution in [0.3, 0.4) is 0 Å². The summed E-state index contributed by atoms with van der Waals surface area (Å²) in [7, 11) is 0. The second-order valence-corrected chi connectivity index (χ2v) is 11.6. The number of halogens is 1. The lowest BCUT2D eigenvalue weighted by Gasteiger charge is -2.47. The molecule has 0 saturated carbocycles. The first kappa shape index (κ1) is 24.8. The van der Waals surface area contributed by atoms with Crippen molar-refractivity contribution in [1.29, 1.82) is 5.26 Å². The number of hydrogen-bond acceptors (Lipinski definition) is 8. The van der Waals surface area contributed by atoms with Gasteiger partial charge in [0.15, 0.2) is 11.6 Å². The first-order chi connectivity index (χ1) is 19.3. The average Bonchev–Trinajstić information content (AvgIpc) is 3.20. The Balaban J connectivity index is 1.52. The molecule has 12 heteroatoms. The van der Waals surface area contributed by atoms with Crippen molar-refractivity contribution < 1.29 is 23.6 Å². The molecule has 7 rings (SSSR count). The lowest BCUT2D eigenvalue weighted by atomic mass is 9.97. The lowest BCUT2D eigenvalue weighted by Crippen LogP contribution is -2.64. The minimum atomic E-state index is -1.63. The van der Waals surface area contributed by atoms with Crippen molar-refractivity contribution in [3.63, 3.8) is 0 Å². The van der Waals surface area contributed by atoms with E-state index in [0.717, 1.165) is 5.39 Å². The summed E-state index contributed by atoms with van der Waals surface area (Å²) in [5.74, 6) is -0.285. The van der Waals surface area contributed by atoms with Gasteiger partial charge in [-0.3, -0.25) is 4.90 Å². The number of aromatic nitrogens is 3. The molecular formula is C28H23FN6O4S. The first-order valence-electron chi connectivity index (χ1n) is 12.9. The van der Waals surface area contributed by atoms with Crippen molar-refractivity contribution in [2.45, 2.75) is 49.2 Å². The fourth-order valence-corrected chi connectivity index (χ4v) is 7.09. The van der Waals surface area contributed by atoms with E-state index in [2.05, 4.69) is 21.0 Å². The smallest absolute Gasteiger partial charge is 0.407 e. The monoisotopic (exact) mass is 558 g/mol. The number of hydrogen-bond donors (Lipinski definition) is 1. The highest BCUT2D eigenvalue weighted by Gasteiger charge is 2.53. The Kier molecular flexibility index (Phi) is 5.52. The number of nitrogens with zero attached hydrogens (tertiary/aromatic N) is 6. The predicted molar refractivity (Wildman–Crippen MR) is 145 cm³/mol. The van der Waals surface area contributed by atoms with E-state index in [9.17, 15) is 19.7 Å². The number of anilines is 1. The summed E-state index contributed by atoms with van der Waals surface area (Å²) in [4.78, 5) is 29.3. The highest BCUT2D eigenvalue weighted by molar-refractivity contribution is 7.90. The number of amides is 1. The molecule has 3 aliphatic heterocycles. The van der Waals surface area contributed by atoms with E-state index in [4.69, 9.17) is 4.74 Å². The van der Waals surface area contributed by atoms with E-state index >= 15 is 4.39 Å². The standard InChI is InChI=1S/C28H23FN6O4S/c1-13-24-18-10-9-16(35(18)28(36)37)12-34(24)25-20-23(32-27(33-25)40(2)38)21(29)22(31-26(20)39-13)17-8-4-6-14-5-3-7-15(11-30)19(14)17/h3-8,13,16,18,24H,9-10,12H2,1-2H3,(H,36,37)/t13-,16+,18-,24+,40?/m0/s1. The second-order valence-electron chi connectivity index (χ2n) is 10.4. The second kappa shape index (κ2) is 8.90. The molecule has 2 aromatic heterocycles. The molecule has 1 unspecified atom stereocenters. The molecule has 2 fully saturated rings. The fourth-order valence-electron chi connectivity index (χ4n) is 6.66. The van der Waals surface area contributed by atoms with Crippen LogP contribution in [0.25, 0.3) is 32.9 Å². The van der Waals surface area contributed by atoms with Gasteiger partial charge in [-0.25, -0.2) is 14.2 Å². The zero-order valence-electron chi connectivity index (χ0n) is 21.5. The summed E-state index contributed by atoms with van der Waals surface area (Å²) in [6, 6.07) is 11.7. The third-order valence-corrected chi connectivity index (χ3v) is 8.93. The maximum Gasteiger partial charge on any atom is 0.407 e. The summed E-state index contributed by atoms with van der Waals surface area (Å²) in [6.45, 7) is 2.18. The van der Waals surface area contributed by atoms with Gasteiger partial charge in [-0.1, -0.05) is 30.3 Å². The van der Waals surface area contributed by atoms with Crippen LogP contribution in [0.4, 0.5) is 15.0 Å². The number of fused-ring (bicyclic) bond motifs is 6. The zero-order chi connectivity index (χ0) is 27.9. The number of rotatable bonds is 2. The molecule has 5 heterocycles. The van der Waals surface area contributed by atoms with E-state index in [-0.39, 0.29) is 39.7 Å². The third-order valence-electron chi connectivity index (χ3n) is 8.23. The van der Waals surface area contributed by atoms with Crippen LogP contribution in [0.2, 0.25) is 0 Å². The molecule has 1 amide bonds. The van der Waals surface area contributed by atoms with E-state index in [1.807, 2.05) is 24.0 Å². The van der Waals surface area contributed by atoms with Gasteiger partial charge in [0.05, 0.1) is 29.8 Å². The largest absolute Gasteiger partial charge is 0.609 e. The van der Waals surface area contributed by atoms with Crippen LogP contribution in [-0.4, -0.2) is 72.6 Å². The van der Waals surface area contributed by atoms with Gasteiger partial charge in [0.25, 0.3) is 0 Å². The Morgan fingerprint density at radius 2 is 1.98 bits per heavy atom. The Labute approximate surface area is 231 Å². The van der Waals surface area contributed by atoms with E-state index in [1.54, 1.807) is 24.3 Å². The molecule has 2 saturated heterocycles. The number of ether oxygens (including phenoxy) is 1. The van der Waals surface area contributed by atoms with E-state index in [1.165, 1.54) is 11.2 Å². The van der Waals surface area contributed by atoms with Gasteiger partial charge in [0.1, 0.15) is 29.0 Å². The number of pyridine rings is 1. The normalized spacial score (nSPS) is 23.9. The summed E-state index contributed by atoms with van der Waals surface area (Å²) < 4.78 is 35.6. The molecular weight excluding hydrogens is 535 g/mol. The minimum absolute atomic E-state index is 0.0403. The maximum atomic E-state index is 16.6. The van der Waals surface area contributed by atoms with E-state index in [0.29, 0.717) is 41.7 Å². The predicted octanol–water partition coefficient (Wildman–Crippen LogP) is 4.07. The molecule has 1 N–H and O–H groups in total. The van der Waals surface area contributed by atoms with Gasteiger partial charge in [-0.15, -0.1) is 0 Å². The lowest BCUT2D eigenvalue weighted by molar-refractivity contribution is 0.0707. The number of benzene rings is 2. The summed E-state index contributed by atoms with van der Waals surface area (Å²) >= 11 is -1.63. The quantitative estimate of drug-likeness (QED) is 0.285. The van der Waals surface area contributed by atoms with Crippen LogP contribution in [0.15, 0.2) is 41.6 Å². The Morgan fingerprint density at radius 1 is 1.20 bits per heavy atom.